The molecule has 3 nitrogen and oxygen atoms in total. The number of hydrogen-bond acceptors (Lipinski definition) is 3. The Balaban J connectivity index is 2.08. The van der Waals surface area contributed by atoms with E-state index < -0.39 is 0 Å². The largest absolute Gasteiger partial charge is 0.508 e. The van der Waals surface area contributed by atoms with Gasteiger partial charge in [0.05, 0.1) is 6.42 Å². The third-order valence-corrected chi connectivity index (χ3v) is 3.45. The monoisotopic (exact) mass is 254 g/mol. The number of esters is 1. The summed E-state index contributed by atoms with van der Waals surface area (Å²) in [4.78, 5) is 11.7. The van der Waals surface area contributed by atoms with E-state index in [-0.39, 0.29) is 17.6 Å². The smallest absolute Gasteiger partial charge is 0.312 e. The first kappa shape index (κ1) is 11.8. The summed E-state index contributed by atoms with van der Waals surface area (Å²) in [5, 5.41) is 9.48. The fraction of sp³-hybridized carbons (Fsp3) is 0.188. The second-order valence-corrected chi connectivity index (χ2v) is 4.86. The van der Waals surface area contributed by atoms with Crippen LogP contribution in [0, 0.1) is 6.92 Å². The van der Waals surface area contributed by atoms with Crippen LogP contribution in [0.1, 0.15) is 29.0 Å². The molecule has 3 rings (SSSR count). The van der Waals surface area contributed by atoms with Crippen molar-refractivity contribution in [3.8, 4) is 11.5 Å². The molecule has 96 valence electrons. The van der Waals surface area contributed by atoms with E-state index in [1.165, 1.54) is 11.6 Å². The Bertz CT molecular complexity index is 629. The third-order valence-electron chi connectivity index (χ3n) is 3.45. The number of rotatable bonds is 1. The van der Waals surface area contributed by atoms with Crippen molar-refractivity contribution in [1.29, 1.82) is 0 Å². The molecule has 0 radical (unpaired) electrons. The molecule has 1 aliphatic heterocycles. The molecule has 0 fully saturated rings. The van der Waals surface area contributed by atoms with Gasteiger partial charge in [-0.05, 0) is 18.6 Å². The Hall–Kier alpha value is -2.29. The normalized spacial score (nSPS) is 17.7. The van der Waals surface area contributed by atoms with Gasteiger partial charge in [-0.2, -0.15) is 0 Å². The first-order valence-electron chi connectivity index (χ1n) is 6.23. The van der Waals surface area contributed by atoms with Gasteiger partial charge in [0.25, 0.3) is 0 Å². The molecular formula is C16H14O3. The van der Waals surface area contributed by atoms with Gasteiger partial charge in [0.15, 0.2) is 0 Å². The summed E-state index contributed by atoms with van der Waals surface area (Å²) in [6, 6.07) is 13.1. The SMILES string of the molecule is Cc1ccc([C@@H]2CC(=O)Oc3cc(O)ccc32)cc1. The van der Waals surface area contributed by atoms with Crippen molar-refractivity contribution in [2.45, 2.75) is 19.3 Å². The number of benzene rings is 2. The molecule has 0 aliphatic carbocycles. The highest BCUT2D eigenvalue weighted by Crippen LogP contribution is 2.40. The summed E-state index contributed by atoms with van der Waals surface area (Å²) in [6.45, 7) is 2.03. The lowest BCUT2D eigenvalue weighted by Crippen LogP contribution is -2.20. The van der Waals surface area contributed by atoms with Crippen LogP contribution >= 0.6 is 0 Å². The van der Waals surface area contributed by atoms with Gasteiger partial charge in [-0.25, -0.2) is 0 Å². The number of phenols is 1. The van der Waals surface area contributed by atoms with Crippen molar-refractivity contribution in [3.05, 3.63) is 59.2 Å². The van der Waals surface area contributed by atoms with Crippen molar-refractivity contribution in [2.75, 3.05) is 0 Å². The van der Waals surface area contributed by atoms with E-state index in [0.717, 1.165) is 11.1 Å². The lowest BCUT2D eigenvalue weighted by Gasteiger charge is -2.25. The molecule has 2 aromatic carbocycles. The van der Waals surface area contributed by atoms with Crippen LogP contribution in [0.2, 0.25) is 0 Å². The molecule has 0 amide bonds. The van der Waals surface area contributed by atoms with Crippen LogP contribution in [0.25, 0.3) is 0 Å². The highest BCUT2D eigenvalue weighted by atomic mass is 16.5. The number of hydrogen-bond donors (Lipinski definition) is 1. The average molecular weight is 254 g/mol. The van der Waals surface area contributed by atoms with E-state index in [1.54, 1.807) is 6.07 Å². The van der Waals surface area contributed by atoms with Gasteiger partial charge >= 0.3 is 5.97 Å². The zero-order valence-electron chi connectivity index (χ0n) is 10.6. The summed E-state index contributed by atoms with van der Waals surface area (Å²) in [6.07, 6.45) is 0.334. The Morgan fingerprint density at radius 1 is 1.16 bits per heavy atom. The fourth-order valence-corrected chi connectivity index (χ4v) is 2.44. The minimum atomic E-state index is -0.260. The van der Waals surface area contributed by atoms with Gasteiger partial charge in [-0.3, -0.25) is 4.79 Å². The van der Waals surface area contributed by atoms with E-state index >= 15 is 0 Å². The van der Waals surface area contributed by atoms with E-state index in [4.69, 9.17) is 4.74 Å². The van der Waals surface area contributed by atoms with E-state index in [0.29, 0.717) is 12.2 Å². The van der Waals surface area contributed by atoms with Crippen LogP contribution in [0.3, 0.4) is 0 Å². The summed E-state index contributed by atoms with van der Waals surface area (Å²) in [7, 11) is 0. The van der Waals surface area contributed by atoms with Gasteiger partial charge in [0.2, 0.25) is 0 Å². The van der Waals surface area contributed by atoms with Crippen molar-refractivity contribution < 1.29 is 14.6 Å². The summed E-state index contributed by atoms with van der Waals surface area (Å²) in [5.74, 6) is 0.305. The molecule has 2 aromatic rings. The highest BCUT2D eigenvalue weighted by molar-refractivity contribution is 5.77. The highest BCUT2D eigenvalue weighted by Gasteiger charge is 2.28. The molecule has 3 heteroatoms. The number of carbonyl (C=O) groups excluding carboxylic acids is 1. The Labute approximate surface area is 111 Å². The van der Waals surface area contributed by atoms with Crippen molar-refractivity contribution in [1.82, 2.24) is 0 Å². The Morgan fingerprint density at radius 2 is 1.89 bits per heavy atom. The molecule has 1 N–H and O–H groups in total. The molecule has 1 aliphatic rings. The first-order chi connectivity index (χ1) is 9.13. The lowest BCUT2D eigenvalue weighted by molar-refractivity contribution is -0.135. The van der Waals surface area contributed by atoms with Gasteiger partial charge in [0.1, 0.15) is 11.5 Å². The van der Waals surface area contributed by atoms with E-state index in [2.05, 4.69) is 0 Å². The summed E-state index contributed by atoms with van der Waals surface area (Å²) in [5.41, 5.74) is 3.23. The minimum absolute atomic E-state index is 0.00236. The number of carbonyl (C=O) groups is 1. The Kier molecular flexibility index (Phi) is 2.75. The van der Waals surface area contributed by atoms with Crippen LogP contribution in [-0.2, 0) is 4.79 Å². The van der Waals surface area contributed by atoms with E-state index in [9.17, 15) is 9.90 Å². The molecule has 0 bridgehead atoms. The third kappa shape index (κ3) is 2.19. The zero-order valence-corrected chi connectivity index (χ0v) is 10.6. The molecule has 0 aromatic heterocycles. The number of aromatic hydroxyl groups is 1. The maximum Gasteiger partial charge on any atom is 0.312 e. The number of phenolic OH excluding ortho intramolecular Hbond substituents is 1. The predicted octanol–water partition coefficient (Wildman–Crippen LogP) is 3.14. The average Bonchev–Trinajstić information content (AvgIpc) is 2.38. The van der Waals surface area contributed by atoms with Gasteiger partial charge in [-0.15, -0.1) is 0 Å². The molecule has 0 saturated heterocycles. The van der Waals surface area contributed by atoms with Crippen molar-refractivity contribution in [2.24, 2.45) is 0 Å². The van der Waals surface area contributed by atoms with Crippen LogP contribution < -0.4 is 4.74 Å². The second-order valence-electron chi connectivity index (χ2n) is 4.86. The van der Waals surface area contributed by atoms with Crippen LogP contribution in [0.15, 0.2) is 42.5 Å². The zero-order chi connectivity index (χ0) is 13.4. The van der Waals surface area contributed by atoms with E-state index in [1.807, 2.05) is 37.3 Å². The van der Waals surface area contributed by atoms with Crippen molar-refractivity contribution in [3.63, 3.8) is 0 Å². The minimum Gasteiger partial charge on any atom is -0.508 e. The molecule has 19 heavy (non-hydrogen) atoms. The summed E-state index contributed by atoms with van der Waals surface area (Å²) >= 11 is 0. The number of aryl methyl sites for hydroxylation is 1. The quantitative estimate of drug-likeness (QED) is 0.628. The molecule has 0 saturated carbocycles. The van der Waals surface area contributed by atoms with Gasteiger partial charge in [-0.1, -0.05) is 35.9 Å². The summed E-state index contributed by atoms with van der Waals surface area (Å²) < 4.78 is 5.19. The Morgan fingerprint density at radius 3 is 2.63 bits per heavy atom. The maximum absolute atomic E-state index is 11.7. The van der Waals surface area contributed by atoms with Crippen molar-refractivity contribution >= 4 is 5.97 Å². The molecule has 1 heterocycles. The fourth-order valence-electron chi connectivity index (χ4n) is 2.44. The lowest BCUT2D eigenvalue weighted by atomic mass is 9.86. The first-order valence-corrected chi connectivity index (χ1v) is 6.23. The van der Waals surface area contributed by atoms with Crippen LogP contribution in [0.4, 0.5) is 0 Å². The molecule has 0 unspecified atom stereocenters. The van der Waals surface area contributed by atoms with Gasteiger partial charge in [0, 0.05) is 17.5 Å². The molecule has 1 atom stereocenters. The molecular weight excluding hydrogens is 240 g/mol. The standard InChI is InChI=1S/C16H14O3/c1-10-2-4-11(5-3-10)14-9-16(18)19-15-8-12(17)6-7-13(14)15/h2-8,14,17H,9H2,1H3/t14-/m0/s1. The van der Waals surface area contributed by atoms with Crippen LogP contribution in [0.5, 0.6) is 11.5 Å². The second kappa shape index (κ2) is 4.43. The number of ether oxygens (including phenoxy) is 1. The maximum atomic E-state index is 11.7. The number of fused-ring (bicyclic) bond motifs is 1. The van der Waals surface area contributed by atoms with Crippen LogP contribution in [-0.4, -0.2) is 11.1 Å². The predicted molar refractivity (Wildman–Crippen MR) is 71.4 cm³/mol. The topological polar surface area (TPSA) is 46.5 Å². The van der Waals surface area contributed by atoms with Gasteiger partial charge < -0.3 is 9.84 Å². The molecule has 0 spiro atoms.